The van der Waals surface area contributed by atoms with E-state index in [2.05, 4.69) is 0 Å². The number of aliphatic carboxylic acids is 1. The van der Waals surface area contributed by atoms with Gasteiger partial charge in [0.1, 0.15) is 0 Å². The number of benzene rings is 1. The zero-order chi connectivity index (χ0) is 17.3. The van der Waals surface area contributed by atoms with Crippen LogP contribution in [0.1, 0.15) is 43.0 Å². The summed E-state index contributed by atoms with van der Waals surface area (Å²) in [5.74, 6) is -0.897. The zero-order valence-electron chi connectivity index (χ0n) is 13.8. The second kappa shape index (κ2) is 6.26. The Balaban J connectivity index is 1.73. The number of carboxylic acid groups (broad SMARTS) is 1. The molecule has 1 atom stereocenters. The standard InChI is InChI=1S/C18H22N2O4/c1-18(17(23)24)9-3-10-19(12-18)16(22)13-5-7-14(8-6-13)20-11-2-4-15(20)21/h5-8H,2-4,9-12H2,1H3,(H,23,24). The molecule has 1 N–H and O–H groups in total. The van der Waals surface area contributed by atoms with Crippen LogP contribution in [0, 0.1) is 5.41 Å². The minimum Gasteiger partial charge on any atom is -0.481 e. The van der Waals surface area contributed by atoms with Gasteiger partial charge in [-0.1, -0.05) is 0 Å². The predicted octanol–water partition coefficient (Wildman–Crippen LogP) is 2.14. The third-order valence-electron chi connectivity index (χ3n) is 5.00. The highest BCUT2D eigenvalue weighted by Gasteiger charge is 2.39. The van der Waals surface area contributed by atoms with Crippen molar-refractivity contribution in [3.05, 3.63) is 29.8 Å². The molecule has 2 fully saturated rings. The van der Waals surface area contributed by atoms with Crippen molar-refractivity contribution in [2.24, 2.45) is 5.41 Å². The summed E-state index contributed by atoms with van der Waals surface area (Å²) in [5.41, 5.74) is 0.457. The Labute approximate surface area is 141 Å². The van der Waals surface area contributed by atoms with Crippen LogP contribution >= 0.6 is 0 Å². The maximum atomic E-state index is 12.7. The summed E-state index contributed by atoms with van der Waals surface area (Å²) in [5, 5.41) is 9.37. The van der Waals surface area contributed by atoms with Crippen LogP contribution in [0.4, 0.5) is 5.69 Å². The van der Waals surface area contributed by atoms with E-state index < -0.39 is 11.4 Å². The Bertz CT molecular complexity index is 670. The first-order valence-electron chi connectivity index (χ1n) is 8.34. The van der Waals surface area contributed by atoms with Crippen LogP contribution in [0.5, 0.6) is 0 Å². The highest BCUT2D eigenvalue weighted by atomic mass is 16.4. The lowest BCUT2D eigenvalue weighted by Crippen LogP contribution is -2.48. The first kappa shape index (κ1) is 16.5. The largest absolute Gasteiger partial charge is 0.481 e. The molecule has 0 radical (unpaired) electrons. The van der Waals surface area contributed by atoms with Gasteiger partial charge in [-0.3, -0.25) is 14.4 Å². The fourth-order valence-corrected chi connectivity index (χ4v) is 3.48. The van der Waals surface area contributed by atoms with Crippen molar-refractivity contribution in [1.29, 1.82) is 0 Å². The fourth-order valence-electron chi connectivity index (χ4n) is 3.48. The molecule has 2 amide bonds. The van der Waals surface area contributed by atoms with Crippen molar-refractivity contribution < 1.29 is 19.5 Å². The lowest BCUT2D eigenvalue weighted by molar-refractivity contribution is -0.150. The number of carboxylic acids is 1. The molecule has 0 bridgehead atoms. The number of piperidine rings is 1. The first-order chi connectivity index (χ1) is 11.4. The van der Waals surface area contributed by atoms with Gasteiger partial charge >= 0.3 is 5.97 Å². The summed E-state index contributed by atoms with van der Waals surface area (Å²) in [6, 6.07) is 7.01. The van der Waals surface area contributed by atoms with Crippen molar-refractivity contribution in [1.82, 2.24) is 4.90 Å². The second-order valence-electron chi connectivity index (χ2n) is 6.89. The molecule has 2 heterocycles. The van der Waals surface area contributed by atoms with E-state index in [1.165, 1.54) is 0 Å². The van der Waals surface area contributed by atoms with Gasteiger partial charge < -0.3 is 14.9 Å². The van der Waals surface area contributed by atoms with Crippen molar-refractivity contribution in [3.63, 3.8) is 0 Å². The smallest absolute Gasteiger partial charge is 0.311 e. The van der Waals surface area contributed by atoms with Crippen LogP contribution in [0.2, 0.25) is 0 Å². The van der Waals surface area contributed by atoms with Gasteiger partial charge in [0.25, 0.3) is 5.91 Å². The van der Waals surface area contributed by atoms with Gasteiger partial charge in [0.2, 0.25) is 5.91 Å². The molecule has 3 rings (SSSR count). The molecule has 24 heavy (non-hydrogen) atoms. The molecule has 1 unspecified atom stereocenters. The molecule has 128 valence electrons. The number of amides is 2. The van der Waals surface area contributed by atoms with Gasteiger partial charge in [-0.05, 0) is 50.5 Å². The molecule has 1 aromatic carbocycles. The number of rotatable bonds is 3. The molecule has 0 spiro atoms. The third-order valence-corrected chi connectivity index (χ3v) is 5.00. The van der Waals surface area contributed by atoms with Crippen LogP contribution < -0.4 is 4.90 Å². The quantitative estimate of drug-likeness (QED) is 0.921. The van der Waals surface area contributed by atoms with E-state index in [0.29, 0.717) is 31.4 Å². The van der Waals surface area contributed by atoms with E-state index in [4.69, 9.17) is 0 Å². The lowest BCUT2D eigenvalue weighted by atomic mass is 9.82. The molecule has 1 aromatic rings. The zero-order valence-corrected chi connectivity index (χ0v) is 13.8. The molecule has 2 aliphatic heterocycles. The van der Waals surface area contributed by atoms with Crippen molar-refractivity contribution in [2.75, 3.05) is 24.5 Å². The minimum atomic E-state index is -0.879. The maximum Gasteiger partial charge on any atom is 0.311 e. The third kappa shape index (κ3) is 3.00. The molecule has 0 aliphatic carbocycles. The predicted molar refractivity (Wildman–Crippen MR) is 88.9 cm³/mol. The average Bonchev–Trinajstić information content (AvgIpc) is 3.00. The number of carbonyl (C=O) groups is 3. The van der Waals surface area contributed by atoms with Crippen molar-refractivity contribution >= 4 is 23.5 Å². The molecule has 2 aliphatic rings. The Morgan fingerprint density at radius 1 is 1.12 bits per heavy atom. The van der Waals surface area contributed by atoms with Gasteiger partial charge in [0, 0.05) is 37.3 Å². The van der Waals surface area contributed by atoms with Crippen molar-refractivity contribution in [2.45, 2.75) is 32.6 Å². The van der Waals surface area contributed by atoms with Gasteiger partial charge in [0.05, 0.1) is 5.41 Å². The molecule has 6 heteroatoms. The Hall–Kier alpha value is -2.37. The molecule has 0 saturated carbocycles. The molecular weight excluding hydrogens is 308 g/mol. The van der Waals surface area contributed by atoms with E-state index in [0.717, 1.165) is 18.7 Å². The van der Waals surface area contributed by atoms with Crippen LogP contribution in [0.15, 0.2) is 24.3 Å². The van der Waals surface area contributed by atoms with Crippen LogP contribution in [0.25, 0.3) is 0 Å². The molecule has 2 saturated heterocycles. The summed E-state index contributed by atoms with van der Waals surface area (Å²) in [6.45, 7) is 3.22. The summed E-state index contributed by atoms with van der Waals surface area (Å²) in [7, 11) is 0. The number of likely N-dealkylation sites (tertiary alicyclic amines) is 1. The molecule has 6 nitrogen and oxygen atoms in total. The van der Waals surface area contributed by atoms with E-state index in [1.54, 1.807) is 41.0 Å². The van der Waals surface area contributed by atoms with Gasteiger partial charge in [0.15, 0.2) is 0 Å². The second-order valence-corrected chi connectivity index (χ2v) is 6.89. The number of hydrogen-bond donors (Lipinski definition) is 1. The number of anilines is 1. The van der Waals surface area contributed by atoms with Gasteiger partial charge in [-0.2, -0.15) is 0 Å². The Morgan fingerprint density at radius 3 is 2.42 bits per heavy atom. The van der Waals surface area contributed by atoms with Crippen molar-refractivity contribution in [3.8, 4) is 0 Å². The number of carbonyl (C=O) groups excluding carboxylic acids is 2. The Morgan fingerprint density at radius 2 is 1.83 bits per heavy atom. The van der Waals surface area contributed by atoms with Crippen LogP contribution in [-0.2, 0) is 9.59 Å². The normalized spacial score (nSPS) is 24.3. The lowest BCUT2D eigenvalue weighted by Gasteiger charge is -2.37. The number of hydrogen-bond acceptors (Lipinski definition) is 3. The van der Waals surface area contributed by atoms with E-state index in [1.807, 2.05) is 0 Å². The average molecular weight is 330 g/mol. The monoisotopic (exact) mass is 330 g/mol. The minimum absolute atomic E-state index is 0.113. The van der Waals surface area contributed by atoms with Crippen LogP contribution in [0.3, 0.4) is 0 Å². The number of nitrogens with zero attached hydrogens (tertiary/aromatic N) is 2. The SMILES string of the molecule is CC1(C(=O)O)CCCN(C(=O)c2ccc(N3CCCC3=O)cc2)C1. The maximum absolute atomic E-state index is 12.7. The topological polar surface area (TPSA) is 77.9 Å². The Kier molecular flexibility index (Phi) is 4.30. The van der Waals surface area contributed by atoms with E-state index in [-0.39, 0.29) is 18.4 Å². The van der Waals surface area contributed by atoms with E-state index >= 15 is 0 Å². The first-order valence-corrected chi connectivity index (χ1v) is 8.34. The molecular formula is C18H22N2O4. The summed E-state index contributed by atoms with van der Waals surface area (Å²) < 4.78 is 0. The van der Waals surface area contributed by atoms with Gasteiger partial charge in [-0.25, -0.2) is 0 Å². The van der Waals surface area contributed by atoms with Crippen LogP contribution in [-0.4, -0.2) is 47.4 Å². The summed E-state index contributed by atoms with van der Waals surface area (Å²) in [6.07, 6.45) is 2.71. The van der Waals surface area contributed by atoms with E-state index in [9.17, 15) is 19.5 Å². The summed E-state index contributed by atoms with van der Waals surface area (Å²) >= 11 is 0. The fraction of sp³-hybridized carbons (Fsp3) is 0.500. The molecule has 0 aromatic heterocycles. The highest BCUT2D eigenvalue weighted by molar-refractivity contribution is 5.97. The highest BCUT2D eigenvalue weighted by Crippen LogP contribution is 2.30. The van der Waals surface area contributed by atoms with Gasteiger partial charge in [-0.15, -0.1) is 0 Å². The summed E-state index contributed by atoms with van der Waals surface area (Å²) in [4.78, 5) is 39.2.